The SMILES string of the molecule is COc1c(Br)cc(/C=N\NC(=O)COc2ccccc2C)cc1Br. The molecule has 2 rings (SSSR count). The van der Waals surface area contributed by atoms with Crippen molar-refractivity contribution in [3.8, 4) is 11.5 Å². The van der Waals surface area contributed by atoms with Crippen molar-refractivity contribution in [2.75, 3.05) is 13.7 Å². The molecule has 5 nitrogen and oxygen atoms in total. The first kappa shape index (κ1) is 18.5. The van der Waals surface area contributed by atoms with Crippen LogP contribution in [0.5, 0.6) is 11.5 Å². The molecule has 126 valence electrons. The fourth-order valence-corrected chi connectivity index (χ4v) is 3.47. The van der Waals surface area contributed by atoms with Gasteiger partial charge in [-0.25, -0.2) is 5.43 Å². The lowest BCUT2D eigenvalue weighted by molar-refractivity contribution is -0.123. The number of halogens is 2. The highest BCUT2D eigenvalue weighted by Crippen LogP contribution is 2.33. The zero-order valence-electron chi connectivity index (χ0n) is 13.2. The van der Waals surface area contributed by atoms with Gasteiger partial charge in [0, 0.05) is 0 Å². The maximum atomic E-state index is 11.8. The van der Waals surface area contributed by atoms with Crippen LogP contribution in [0.1, 0.15) is 11.1 Å². The number of methoxy groups -OCH3 is 1. The third-order valence-electron chi connectivity index (χ3n) is 3.08. The Bertz CT molecular complexity index is 740. The Labute approximate surface area is 157 Å². The number of hydrogen-bond donors (Lipinski definition) is 1. The molecular formula is C17H16Br2N2O3. The van der Waals surface area contributed by atoms with E-state index in [0.717, 1.165) is 20.1 Å². The molecule has 0 saturated heterocycles. The molecular weight excluding hydrogens is 440 g/mol. The van der Waals surface area contributed by atoms with Crippen molar-refractivity contribution in [1.82, 2.24) is 5.43 Å². The summed E-state index contributed by atoms with van der Waals surface area (Å²) in [5, 5.41) is 3.93. The number of aryl methyl sites for hydroxylation is 1. The quantitative estimate of drug-likeness (QED) is 0.527. The fraction of sp³-hybridized carbons (Fsp3) is 0.176. The zero-order chi connectivity index (χ0) is 17.5. The minimum absolute atomic E-state index is 0.0990. The molecule has 0 aliphatic rings. The second-order valence-corrected chi connectivity index (χ2v) is 6.57. The van der Waals surface area contributed by atoms with Gasteiger partial charge in [-0.2, -0.15) is 5.10 Å². The number of ether oxygens (including phenoxy) is 2. The largest absolute Gasteiger partial charge is 0.494 e. The van der Waals surface area contributed by atoms with Crippen molar-refractivity contribution in [2.45, 2.75) is 6.92 Å². The molecule has 0 bridgehead atoms. The number of para-hydroxylation sites is 1. The molecule has 0 fully saturated rings. The van der Waals surface area contributed by atoms with Gasteiger partial charge in [0.1, 0.15) is 11.5 Å². The molecule has 2 aromatic rings. The van der Waals surface area contributed by atoms with Gasteiger partial charge in [0.15, 0.2) is 6.61 Å². The second kappa shape index (κ2) is 8.84. The second-order valence-electron chi connectivity index (χ2n) is 4.87. The molecule has 24 heavy (non-hydrogen) atoms. The Morgan fingerprint density at radius 1 is 1.25 bits per heavy atom. The Hall–Kier alpha value is -1.86. The average molecular weight is 456 g/mol. The highest BCUT2D eigenvalue weighted by molar-refractivity contribution is 9.11. The summed E-state index contributed by atoms with van der Waals surface area (Å²) in [6.07, 6.45) is 1.54. The summed E-state index contributed by atoms with van der Waals surface area (Å²) < 4.78 is 12.3. The van der Waals surface area contributed by atoms with Gasteiger partial charge >= 0.3 is 0 Å². The van der Waals surface area contributed by atoms with Crippen molar-refractivity contribution in [3.05, 3.63) is 56.5 Å². The van der Waals surface area contributed by atoms with E-state index < -0.39 is 0 Å². The smallest absolute Gasteiger partial charge is 0.277 e. The number of rotatable bonds is 6. The zero-order valence-corrected chi connectivity index (χ0v) is 16.3. The number of nitrogens with zero attached hydrogens (tertiary/aromatic N) is 1. The molecule has 0 aliphatic carbocycles. The molecule has 7 heteroatoms. The van der Waals surface area contributed by atoms with Gasteiger partial charge < -0.3 is 9.47 Å². The highest BCUT2D eigenvalue weighted by atomic mass is 79.9. The number of hydrazone groups is 1. The summed E-state index contributed by atoms with van der Waals surface area (Å²) in [7, 11) is 1.59. The molecule has 0 radical (unpaired) electrons. The molecule has 0 atom stereocenters. The van der Waals surface area contributed by atoms with E-state index >= 15 is 0 Å². The lowest BCUT2D eigenvalue weighted by Gasteiger charge is -2.08. The molecule has 0 saturated carbocycles. The Morgan fingerprint density at radius 3 is 2.54 bits per heavy atom. The average Bonchev–Trinajstić information content (AvgIpc) is 2.54. The van der Waals surface area contributed by atoms with Crippen molar-refractivity contribution >= 4 is 44.0 Å². The summed E-state index contributed by atoms with van der Waals surface area (Å²) >= 11 is 6.82. The molecule has 0 unspecified atom stereocenters. The normalized spacial score (nSPS) is 10.7. The van der Waals surface area contributed by atoms with Crippen molar-refractivity contribution in [1.29, 1.82) is 0 Å². The Kier molecular flexibility index (Phi) is 6.81. The van der Waals surface area contributed by atoms with Crippen LogP contribution in [0.3, 0.4) is 0 Å². The van der Waals surface area contributed by atoms with Crippen molar-refractivity contribution < 1.29 is 14.3 Å². The first-order valence-electron chi connectivity index (χ1n) is 7.04. The number of nitrogens with one attached hydrogen (secondary N) is 1. The minimum atomic E-state index is -0.332. The topological polar surface area (TPSA) is 59.9 Å². The predicted molar refractivity (Wildman–Crippen MR) is 101 cm³/mol. The van der Waals surface area contributed by atoms with E-state index in [-0.39, 0.29) is 12.5 Å². The summed E-state index contributed by atoms with van der Waals surface area (Å²) in [4.78, 5) is 11.8. The molecule has 0 heterocycles. The van der Waals surface area contributed by atoms with Gasteiger partial charge in [-0.3, -0.25) is 4.79 Å². The van der Waals surface area contributed by atoms with Crippen molar-refractivity contribution in [3.63, 3.8) is 0 Å². The van der Waals surface area contributed by atoms with Crippen LogP contribution in [-0.4, -0.2) is 25.8 Å². The van der Waals surface area contributed by atoms with Gasteiger partial charge in [0.05, 0.1) is 22.3 Å². The number of carbonyl (C=O) groups excluding carboxylic acids is 1. The number of benzene rings is 2. The molecule has 1 N–H and O–H groups in total. The van der Waals surface area contributed by atoms with Gasteiger partial charge in [0.25, 0.3) is 5.91 Å². The van der Waals surface area contributed by atoms with Crippen LogP contribution in [0.2, 0.25) is 0 Å². The first-order valence-corrected chi connectivity index (χ1v) is 8.63. The van der Waals surface area contributed by atoms with Crippen LogP contribution in [0.15, 0.2) is 50.4 Å². The third-order valence-corrected chi connectivity index (χ3v) is 4.26. The van der Waals surface area contributed by atoms with Crippen LogP contribution in [0, 0.1) is 6.92 Å². The van der Waals surface area contributed by atoms with E-state index in [1.165, 1.54) is 0 Å². The van der Waals surface area contributed by atoms with Gasteiger partial charge in [-0.1, -0.05) is 18.2 Å². The Balaban J connectivity index is 1.90. The predicted octanol–water partition coefficient (Wildman–Crippen LogP) is 4.06. The van der Waals surface area contributed by atoms with E-state index in [1.54, 1.807) is 13.3 Å². The van der Waals surface area contributed by atoms with E-state index in [9.17, 15) is 4.79 Å². The molecule has 1 amide bonds. The molecule has 0 aromatic heterocycles. The monoisotopic (exact) mass is 454 g/mol. The van der Waals surface area contributed by atoms with Crippen LogP contribution in [0.4, 0.5) is 0 Å². The third kappa shape index (κ3) is 5.07. The number of carbonyl (C=O) groups is 1. The molecule has 0 spiro atoms. The van der Waals surface area contributed by atoms with E-state index in [0.29, 0.717) is 11.5 Å². The first-order chi connectivity index (χ1) is 11.5. The van der Waals surface area contributed by atoms with Crippen LogP contribution in [-0.2, 0) is 4.79 Å². The van der Waals surface area contributed by atoms with Gasteiger partial charge in [-0.05, 0) is 68.1 Å². The number of amides is 1. The summed E-state index contributed by atoms with van der Waals surface area (Å²) in [5.41, 5.74) is 4.21. The highest BCUT2D eigenvalue weighted by Gasteiger charge is 2.07. The lowest BCUT2D eigenvalue weighted by Crippen LogP contribution is -2.24. The standard InChI is InChI=1S/C17H16Br2N2O3/c1-11-5-3-4-6-15(11)24-10-16(22)21-20-9-12-7-13(18)17(23-2)14(19)8-12/h3-9H,10H2,1-2H3,(H,21,22)/b20-9-. The van der Waals surface area contributed by atoms with Gasteiger partial charge in [0.2, 0.25) is 0 Å². The van der Waals surface area contributed by atoms with Crippen LogP contribution in [0.25, 0.3) is 0 Å². The van der Waals surface area contributed by atoms with Crippen LogP contribution < -0.4 is 14.9 Å². The maximum Gasteiger partial charge on any atom is 0.277 e. The Morgan fingerprint density at radius 2 is 1.92 bits per heavy atom. The molecule has 0 aliphatic heterocycles. The van der Waals surface area contributed by atoms with Crippen LogP contribution >= 0.6 is 31.9 Å². The lowest BCUT2D eigenvalue weighted by atomic mass is 10.2. The number of hydrogen-bond acceptors (Lipinski definition) is 4. The summed E-state index contributed by atoms with van der Waals surface area (Å²) in [5.74, 6) is 1.05. The van der Waals surface area contributed by atoms with E-state index in [4.69, 9.17) is 9.47 Å². The fourth-order valence-electron chi connectivity index (χ4n) is 1.92. The maximum absolute atomic E-state index is 11.8. The molecule has 2 aromatic carbocycles. The van der Waals surface area contributed by atoms with E-state index in [2.05, 4.69) is 42.4 Å². The van der Waals surface area contributed by atoms with Crippen molar-refractivity contribution in [2.24, 2.45) is 5.10 Å². The minimum Gasteiger partial charge on any atom is -0.494 e. The van der Waals surface area contributed by atoms with Gasteiger partial charge in [-0.15, -0.1) is 0 Å². The van der Waals surface area contributed by atoms with E-state index in [1.807, 2.05) is 43.3 Å². The summed E-state index contributed by atoms with van der Waals surface area (Å²) in [6.45, 7) is 1.82. The summed E-state index contributed by atoms with van der Waals surface area (Å²) in [6, 6.07) is 11.2.